The molecule has 0 unspecified atom stereocenters. The number of carbonyl (C=O) groups excluding carboxylic acids is 1. The topological polar surface area (TPSA) is 116 Å². The number of unbranched alkanes of at least 4 members (excludes halogenated alkanes) is 28. The number of nitrogens with one attached hydrogen (secondary N) is 1. The molecule has 7 nitrogen and oxygen atoms in total. The van der Waals surface area contributed by atoms with E-state index >= 15 is 0 Å². The first-order valence-electron chi connectivity index (χ1n) is 20.0. The summed E-state index contributed by atoms with van der Waals surface area (Å²) in [5.74, 6) is -0.190. The molecule has 0 spiro atoms. The summed E-state index contributed by atoms with van der Waals surface area (Å²) in [5.41, 5.74) is 0. The van der Waals surface area contributed by atoms with E-state index in [0.29, 0.717) is 12.8 Å². The van der Waals surface area contributed by atoms with Crippen LogP contribution in [0.5, 0.6) is 0 Å². The molecule has 1 amide bonds. The lowest BCUT2D eigenvalue weighted by Crippen LogP contribution is -2.46. The SMILES string of the molecule is CCCCCCCCCCCCCCCCCCCC(=O)N[C@@H](COP(=O)(O)O)[C@H](O)CCCCCCCCCCCCCCC. The molecule has 0 aromatic rings. The summed E-state index contributed by atoms with van der Waals surface area (Å²) in [7, 11) is -4.68. The Bertz CT molecular complexity index is 688. The van der Waals surface area contributed by atoms with Crippen molar-refractivity contribution < 1.29 is 28.8 Å². The first-order chi connectivity index (χ1) is 22.3. The standard InChI is InChI=1S/C38H78NO6P/c1-3-5-7-9-11-13-15-17-18-19-20-22-24-26-28-30-32-34-38(41)39-36(35-45-46(42,43)44)37(40)33-31-29-27-25-23-21-16-14-12-10-8-6-4-2/h36-37,40H,3-35H2,1-2H3,(H,39,41)(H2,42,43,44)/t36-,37+/m0/s1. The van der Waals surface area contributed by atoms with Crippen molar-refractivity contribution in [3.8, 4) is 0 Å². The van der Waals surface area contributed by atoms with E-state index in [1.807, 2.05) is 0 Å². The Morgan fingerprint density at radius 1 is 0.543 bits per heavy atom. The highest BCUT2D eigenvalue weighted by Crippen LogP contribution is 2.36. The third kappa shape index (κ3) is 34.9. The highest BCUT2D eigenvalue weighted by Gasteiger charge is 2.25. The summed E-state index contributed by atoms with van der Waals surface area (Å²) in [6.45, 7) is 4.13. The maximum Gasteiger partial charge on any atom is 0.469 e. The second-order valence-corrected chi connectivity index (χ2v) is 15.2. The lowest BCUT2D eigenvalue weighted by atomic mass is 10.0. The maximum atomic E-state index is 12.6. The van der Waals surface area contributed by atoms with E-state index in [9.17, 15) is 14.5 Å². The lowest BCUT2D eigenvalue weighted by molar-refractivity contribution is -0.123. The minimum Gasteiger partial charge on any atom is -0.391 e. The smallest absolute Gasteiger partial charge is 0.391 e. The summed E-state index contributed by atoms with van der Waals surface area (Å²) in [6, 6.07) is -0.816. The second kappa shape index (κ2) is 34.4. The Hall–Kier alpha value is -0.460. The fourth-order valence-corrected chi connectivity index (χ4v) is 6.64. The average Bonchev–Trinajstić information content (AvgIpc) is 3.02. The number of carbonyl (C=O) groups is 1. The van der Waals surface area contributed by atoms with E-state index in [4.69, 9.17) is 9.79 Å². The van der Waals surface area contributed by atoms with E-state index in [1.165, 1.54) is 154 Å². The molecule has 0 bridgehead atoms. The number of rotatable bonds is 37. The van der Waals surface area contributed by atoms with Crippen molar-refractivity contribution in [2.75, 3.05) is 6.61 Å². The van der Waals surface area contributed by atoms with Crippen molar-refractivity contribution in [3.63, 3.8) is 0 Å². The second-order valence-electron chi connectivity index (χ2n) is 14.0. The van der Waals surface area contributed by atoms with Crippen LogP contribution in [-0.4, -0.2) is 39.6 Å². The summed E-state index contributed by atoms with van der Waals surface area (Å²) in [6.07, 6.45) is 38.0. The normalized spacial score (nSPS) is 13.2. The Balaban J connectivity index is 3.89. The zero-order valence-electron chi connectivity index (χ0n) is 30.5. The van der Waals surface area contributed by atoms with Gasteiger partial charge in [0.1, 0.15) is 0 Å². The zero-order chi connectivity index (χ0) is 34.0. The molecule has 0 saturated carbocycles. The first kappa shape index (κ1) is 45.5. The van der Waals surface area contributed by atoms with Crippen LogP contribution in [0.4, 0.5) is 0 Å². The van der Waals surface area contributed by atoms with Crippen molar-refractivity contribution in [2.45, 2.75) is 231 Å². The minimum absolute atomic E-state index is 0.190. The molecule has 0 radical (unpaired) electrons. The number of phosphoric acid groups is 1. The van der Waals surface area contributed by atoms with Gasteiger partial charge < -0.3 is 20.2 Å². The van der Waals surface area contributed by atoms with Crippen LogP contribution in [0, 0.1) is 0 Å². The fraction of sp³-hybridized carbons (Fsp3) is 0.974. The Labute approximate surface area is 285 Å². The molecular weight excluding hydrogens is 597 g/mol. The van der Waals surface area contributed by atoms with Gasteiger partial charge in [-0.15, -0.1) is 0 Å². The zero-order valence-corrected chi connectivity index (χ0v) is 31.4. The molecule has 0 saturated heterocycles. The molecule has 0 aliphatic rings. The van der Waals surface area contributed by atoms with Crippen LogP contribution in [0.15, 0.2) is 0 Å². The molecule has 0 heterocycles. The van der Waals surface area contributed by atoms with Crippen molar-refractivity contribution in [1.82, 2.24) is 5.32 Å². The minimum atomic E-state index is -4.68. The number of hydrogen-bond acceptors (Lipinski definition) is 4. The van der Waals surface area contributed by atoms with E-state index in [1.54, 1.807) is 0 Å². The van der Waals surface area contributed by atoms with Gasteiger partial charge in [0.15, 0.2) is 0 Å². The van der Waals surface area contributed by atoms with E-state index < -0.39 is 26.6 Å². The van der Waals surface area contributed by atoms with Crippen molar-refractivity contribution in [2.24, 2.45) is 0 Å². The molecule has 0 rings (SSSR count). The fourth-order valence-electron chi connectivity index (χ4n) is 6.29. The number of aliphatic hydroxyl groups is 1. The quantitative estimate of drug-likeness (QED) is 0.0385. The summed E-state index contributed by atoms with van der Waals surface area (Å²) >= 11 is 0. The number of phosphoric ester groups is 1. The average molecular weight is 676 g/mol. The van der Waals surface area contributed by atoms with Gasteiger partial charge >= 0.3 is 7.82 Å². The number of amides is 1. The lowest BCUT2D eigenvalue weighted by Gasteiger charge is -2.24. The van der Waals surface area contributed by atoms with Gasteiger partial charge in [-0.3, -0.25) is 9.32 Å². The molecule has 276 valence electrons. The van der Waals surface area contributed by atoms with E-state index in [0.717, 1.165) is 38.5 Å². The van der Waals surface area contributed by atoms with Crippen molar-refractivity contribution in [3.05, 3.63) is 0 Å². The van der Waals surface area contributed by atoms with Crippen LogP contribution in [-0.2, 0) is 13.9 Å². The maximum absolute atomic E-state index is 12.6. The van der Waals surface area contributed by atoms with Gasteiger partial charge in [-0.2, -0.15) is 0 Å². The van der Waals surface area contributed by atoms with Gasteiger partial charge in [0, 0.05) is 6.42 Å². The summed E-state index contributed by atoms with van der Waals surface area (Å²) in [4.78, 5) is 30.8. The predicted octanol–water partition coefficient (Wildman–Crippen LogP) is 11.5. The largest absolute Gasteiger partial charge is 0.469 e. The van der Waals surface area contributed by atoms with Crippen LogP contribution in [0.3, 0.4) is 0 Å². The van der Waals surface area contributed by atoms with E-state index in [-0.39, 0.29) is 5.91 Å². The third-order valence-electron chi connectivity index (χ3n) is 9.34. The molecule has 0 aromatic carbocycles. The Morgan fingerprint density at radius 2 is 0.848 bits per heavy atom. The molecule has 0 aliphatic heterocycles. The first-order valence-corrected chi connectivity index (χ1v) is 21.5. The van der Waals surface area contributed by atoms with Gasteiger partial charge in [0.05, 0.1) is 18.8 Å². The molecular formula is C38H78NO6P. The van der Waals surface area contributed by atoms with Crippen molar-refractivity contribution in [1.29, 1.82) is 0 Å². The molecule has 46 heavy (non-hydrogen) atoms. The van der Waals surface area contributed by atoms with Gasteiger partial charge in [-0.1, -0.05) is 200 Å². The van der Waals surface area contributed by atoms with Crippen LogP contribution < -0.4 is 5.32 Å². The third-order valence-corrected chi connectivity index (χ3v) is 9.83. The summed E-state index contributed by atoms with van der Waals surface area (Å²) in [5, 5.41) is 13.5. The molecule has 2 atom stereocenters. The monoisotopic (exact) mass is 676 g/mol. The molecule has 0 fully saturated rings. The molecule has 0 aromatic heterocycles. The molecule has 8 heteroatoms. The summed E-state index contributed by atoms with van der Waals surface area (Å²) < 4.78 is 15.9. The van der Waals surface area contributed by atoms with Gasteiger partial charge in [0.2, 0.25) is 5.91 Å². The molecule has 0 aliphatic carbocycles. The van der Waals surface area contributed by atoms with Gasteiger partial charge in [0.25, 0.3) is 0 Å². The van der Waals surface area contributed by atoms with Crippen LogP contribution >= 0.6 is 7.82 Å². The van der Waals surface area contributed by atoms with E-state index in [2.05, 4.69) is 23.7 Å². The van der Waals surface area contributed by atoms with Gasteiger partial charge in [-0.05, 0) is 12.8 Å². The van der Waals surface area contributed by atoms with Gasteiger partial charge in [-0.25, -0.2) is 4.57 Å². The number of hydrogen-bond donors (Lipinski definition) is 4. The highest BCUT2D eigenvalue weighted by atomic mass is 31.2. The predicted molar refractivity (Wildman–Crippen MR) is 195 cm³/mol. The Morgan fingerprint density at radius 3 is 1.17 bits per heavy atom. The highest BCUT2D eigenvalue weighted by molar-refractivity contribution is 7.46. The van der Waals surface area contributed by atoms with Crippen LogP contribution in [0.25, 0.3) is 0 Å². The molecule has 4 N–H and O–H groups in total. The Kier molecular flexibility index (Phi) is 34.1. The number of aliphatic hydroxyl groups excluding tert-OH is 1. The van der Waals surface area contributed by atoms with Crippen molar-refractivity contribution >= 4 is 13.7 Å². The van der Waals surface area contributed by atoms with Crippen LogP contribution in [0.2, 0.25) is 0 Å². The van der Waals surface area contributed by atoms with Crippen LogP contribution in [0.1, 0.15) is 219 Å².